The zero-order valence-electron chi connectivity index (χ0n) is 14.0. The minimum atomic E-state index is -0.0257. The number of hydrogen-bond acceptors (Lipinski definition) is 3. The molecule has 0 N–H and O–H groups in total. The predicted octanol–water partition coefficient (Wildman–Crippen LogP) is 3.06. The molecular formula is C18H23N3O2. The topological polar surface area (TPSA) is 47.4 Å². The molecule has 0 atom stereocenters. The number of rotatable bonds is 5. The van der Waals surface area contributed by atoms with Gasteiger partial charge in [0.1, 0.15) is 11.4 Å². The van der Waals surface area contributed by atoms with Gasteiger partial charge in [-0.15, -0.1) is 0 Å². The van der Waals surface area contributed by atoms with Crippen molar-refractivity contribution in [1.82, 2.24) is 14.7 Å². The van der Waals surface area contributed by atoms with Gasteiger partial charge in [0.15, 0.2) is 5.69 Å². The van der Waals surface area contributed by atoms with E-state index in [9.17, 15) is 4.79 Å². The Morgan fingerprint density at radius 2 is 2.17 bits per heavy atom. The van der Waals surface area contributed by atoms with Crippen molar-refractivity contribution in [1.29, 1.82) is 0 Å². The molecule has 5 nitrogen and oxygen atoms in total. The highest BCUT2D eigenvalue weighted by Crippen LogP contribution is 2.27. The van der Waals surface area contributed by atoms with E-state index in [-0.39, 0.29) is 5.91 Å². The molecule has 1 amide bonds. The van der Waals surface area contributed by atoms with Gasteiger partial charge in [-0.3, -0.25) is 4.79 Å². The van der Waals surface area contributed by atoms with Gasteiger partial charge in [0.2, 0.25) is 0 Å². The van der Waals surface area contributed by atoms with Crippen LogP contribution in [0.25, 0.3) is 5.69 Å². The number of methoxy groups -OCH3 is 1. The van der Waals surface area contributed by atoms with Gasteiger partial charge in [0, 0.05) is 19.8 Å². The molecule has 0 aliphatic heterocycles. The number of hydrogen-bond donors (Lipinski definition) is 0. The van der Waals surface area contributed by atoms with E-state index in [0.717, 1.165) is 23.5 Å². The molecule has 23 heavy (non-hydrogen) atoms. The number of amides is 1. The fourth-order valence-corrected chi connectivity index (χ4v) is 2.89. The van der Waals surface area contributed by atoms with Gasteiger partial charge in [-0.2, -0.15) is 5.10 Å². The number of carbonyl (C=O) groups excluding carboxylic acids is 1. The summed E-state index contributed by atoms with van der Waals surface area (Å²) in [5.41, 5.74) is 2.43. The highest BCUT2D eigenvalue weighted by molar-refractivity contribution is 5.92. The van der Waals surface area contributed by atoms with Crippen LogP contribution >= 0.6 is 0 Å². The fourth-order valence-electron chi connectivity index (χ4n) is 2.89. The van der Waals surface area contributed by atoms with E-state index >= 15 is 0 Å². The molecule has 2 aromatic rings. The third kappa shape index (κ3) is 3.23. The Bertz CT molecular complexity index is 704. The minimum absolute atomic E-state index is 0.0257. The quantitative estimate of drug-likeness (QED) is 0.852. The van der Waals surface area contributed by atoms with Crippen molar-refractivity contribution in [3.8, 4) is 11.4 Å². The van der Waals surface area contributed by atoms with Crippen LogP contribution in [0.2, 0.25) is 0 Å². The van der Waals surface area contributed by atoms with Crippen LogP contribution in [-0.4, -0.2) is 41.3 Å². The molecule has 1 fully saturated rings. The van der Waals surface area contributed by atoms with Crippen LogP contribution in [0, 0.1) is 12.8 Å². The zero-order valence-corrected chi connectivity index (χ0v) is 14.0. The summed E-state index contributed by atoms with van der Waals surface area (Å²) in [4.78, 5) is 14.3. The number of aromatic nitrogens is 2. The van der Waals surface area contributed by atoms with Crippen molar-refractivity contribution in [2.75, 3.05) is 20.7 Å². The van der Waals surface area contributed by atoms with E-state index in [1.165, 1.54) is 19.3 Å². The SMILES string of the molecule is COc1ccc(C)cc1-n1ccc(C(=O)N(C)CC2CCC2)n1. The first-order valence-corrected chi connectivity index (χ1v) is 8.04. The van der Waals surface area contributed by atoms with Crippen molar-refractivity contribution >= 4 is 5.91 Å². The van der Waals surface area contributed by atoms with Gasteiger partial charge in [0.25, 0.3) is 5.91 Å². The Hall–Kier alpha value is -2.30. The summed E-state index contributed by atoms with van der Waals surface area (Å²) in [6.07, 6.45) is 5.55. The predicted molar refractivity (Wildman–Crippen MR) is 89.2 cm³/mol. The van der Waals surface area contributed by atoms with Crippen molar-refractivity contribution in [3.63, 3.8) is 0 Å². The van der Waals surface area contributed by atoms with Crippen LogP contribution in [0.3, 0.4) is 0 Å². The molecule has 1 aliphatic carbocycles. The lowest BCUT2D eigenvalue weighted by molar-refractivity contribution is 0.0739. The highest BCUT2D eigenvalue weighted by atomic mass is 16.5. The zero-order chi connectivity index (χ0) is 16.4. The Morgan fingerprint density at radius 1 is 1.39 bits per heavy atom. The first-order chi connectivity index (χ1) is 11.1. The monoisotopic (exact) mass is 313 g/mol. The van der Waals surface area contributed by atoms with Crippen LogP contribution in [0.15, 0.2) is 30.5 Å². The normalized spacial score (nSPS) is 14.4. The second-order valence-corrected chi connectivity index (χ2v) is 6.30. The summed E-state index contributed by atoms with van der Waals surface area (Å²) < 4.78 is 7.10. The van der Waals surface area contributed by atoms with Crippen molar-refractivity contribution in [2.24, 2.45) is 5.92 Å². The Balaban J connectivity index is 1.79. The molecule has 0 bridgehead atoms. The van der Waals surface area contributed by atoms with Crippen LogP contribution in [0.1, 0.15) is 35.3 Å². The van der Waals surface area contributed by atoms with Gasteiger partial charge in [-0.05, 0) is 49.4 Å². The number of aryl methyl sites for hydroxylation is 1. The van der Waals surface area contributed by atoms with E-state index in [4.69, 9.17) is 4.74 Å². The van der Waals surface area contributed by atoms with Gasteiger partial charge in [-0.25, -0.2) is 4.68 Å². The Labute approximate surface area is 136 Å². The summed E-state index contributed by atoms with van der Waals surface area (Å²) in [6.45, 7) is 2.84. The molecule has 0 radical (unpaired) electrons. The average Bonchev–Trinajstić information content (AvgIpc) is 2.99. The molecule has 0 spiro atoms. The standard InChI is InChI=1S/C18H23N3O2/c1-13-7-8-17(23-3)16(11-13)21-10-9-15(19-21)18(22)20(2)12-14-5-4-6-14/h7-11,14H,4-6,12H2,1-3H3. The number of nitrogens with zero attached hydrogens (tertiary/aromatic N) is 3. The number of ether oxygens (including phenoxy) is 1. The molecule has 1 aromatic heterocycles. The lowest BCUT2D eigenvalue weighted by Gasteiger charge is -2.29. The Morgan fingerprint density at radius 3 is 2.83 bits per heavy atom. The third-order valence-electron chi connectivity index (χ3n) is 4.49. The summed E-state index contributed by atoms with van der Waals surface area (Å²) in [5.74, 6) is 1.37. The summed E-state index contributed by atoms with van der Waals surface area (Å²) in [5, 5.41) is 4.45. The van der Waals surface area contributed by atoms with E-state index in [1.54, 1.807) is 22.8 Å². The second kappa shape index (κ2) is 6.44. The average molecular weight is 313 g/mol. The third-order valence-corrected chi connectivity index (χ3v) is 4.49. The van der Waals surface area contributed by atoms with Crippen molar-refractivity contribution in [3.05, 3.63) is 41.7 Å². The molecule has 1 aliphatic rings. The van der Waals surface area contributed by atoms with E-state index in [2.05, 4.69) is 5.10 Å². The lowest BCUT2D eigenvalue weighted by Crippen LogP contribution is -2.34. The largest absolute Gasteiger partial charge is 0.494 e. The summed E-state index contributed by atoms with van der Waals surface area (Å²) >= 11 is 0. The maximum absolute atomic E-state index is 12.5. The first kappa shape index (κ1) is 15.6. The first-order valence-electron chi connectivity index (χ1n) is 8.04. The minimum Gasteiger partial charge on any atom is -0.494 e. The number of benzene rings is 1. The van der Waals surface area contributed by atoms with Gasteiger partial charge >= 0.3 is 0 Å². The highest BCUT2D eigenvalue weighted by Gasteiger charge is 2.23. The molecule has 1 saturated carbocycles. The summed E-state index contributed by atoms with van der Waals surface area (Å²) in [6, 6.07) is 7.67. The van der Waals surface area contributed by atoms with Crippen LogP contribution in [-0.2, 0) is 0 Å². The van der Waals surface area contributed by atoms with Gasteiger partial charge in [0.05, 0.1) is 7.11 Å². The molecule has 1 aromatic carbocycles. The smallest absolute Gasteiger partial charge is 0.274 e. The van der Waals surface area contributed by atoms with Crippen molar-refractivity contribution < 1.29 is 9.53 Å². The van der Waals surface area contributed by atoms with Crippen LogP contribution in [0.5, 0.6) is 5.75 Å². The fraction of sp³-hybridized carbons (Fsp3) is 0.444. The van der Waals surface area contributed by atoms with Crippen LogP contribution in [0.4, 0.5) is 0 Å². The van der Waals surface area contributed by atoms with E-state index in [1.807, 2.05) is 38.4 Å². The number of carbonyl (C=O) groups is 1. The molecular weight excluding hydrogens is 290 g/mol. The maximum atomic E-state index is 12.5. The molecule has 5 heteroatoms. The molecule has 3 rings (SSSR count). The second-order valence-electron chi connectivity index (χ2n) is 6.30. The Kier molecular flexibility index (Phi) is 4.37. The molecule has 1 heterocycles. The summed E-state index contributed by atoms with van der Waals surface area (Å²) in [7, 11) is 3.49. The molecule has 0 saturated heterocycles. The lowest BCUT2D eigenvalue weighted by atomic mass is 9.85. The van der Waals surface area contributed by atoms with E-state index < -0.39 is 0 Å². The van der Waals surface area contributed by atoms with E-state index in [0.29, 0.717) is 11.6 Å². The maximum Gasteiger partial charge on any atom is 0.274 e. The van der Waals surface area contributed by atoms with Gasteiger partial charge in [-0.1, -0.05) is 12.5 Å². The molecule has 122 valence electrons. The van der Waals surface area contributed by atoms with Crippen LogP contribution < -0.4 is 4.74 Å². The molecule has 0 unspecified atom stereocenters. The van der Waals surface area contributed by atoms with Crippen molar-refractivity contribution in [2.45, 2.75) is 26.2 Å². The van der Waals surface area contributed by atoms with Gasteiger partial charge < -0.3 is 9.64 Å².